The fourth-order valence-electron chi connectivity index (χ4n) is 3.10. The Hall–Kier alpha value is -3.79. The molecule has 0 radical (unpaired) electrons. The first-order valence-corrected chi connectivity index (χ1v) is 9.37. The topological polar surface area (TPSA) is 83.3 Å². The minimum absolute atomic E-state index is 0.0878. The predicted molar refractivity (Wildman–Crippen MR) is 110 cm³/mol. The molecule has 0 unspecified atom stereocenters. The number of hydrogen-bond acceptors (Lipinski definition) is 5. The number of amides is 1. The van der Waals surface area contributed by atoms with Crippen molar-refractivity contribution in [2.75, 3.05) is 18.1 Å². The summed E-state index contributed by atoms with van der Waals surface area (Å²) >= 11 is 0. The van der Waals surface area contributed by atoms with Crippen molar-refractivity contribution in [1.82, 2.24) is 4.98 Å². The van der Waals surface area contributed by atoms with Crippen LogP contribution in [0.1, 0.15) is 28.0 Å². The van der Waals surface area contributed by atoms with Gasteiger partial charge in [0.2, 0.25) is 0 Å². The Bertz CT molecular complexity index is 1140. The van der Waals surface area contributed by atoms with Crippen LogP contribution >= 0.6 is 0 Å². The maximum atomic E-state index is 13.2. The number of rotatable bonds is 6. The molecule has 0 aliphatic rings. The highest BCUT2D eigenvalue weighted by molar-refractivity contribution is 6.05. The van der Waals surface area contributed by atoms with Crippen LogP contribution in [-0.2, 0) is 9.53 Å². The van der Waals surface area contributed by atoms with E-state index in [-0.39, 0.29) is 13.0 Å². The van der Waals surface area contributed by atoms with Gasteiger partial charge in [-0.15, -0.1) is 0 Å². The quantitative estimate of drug-likeness (QED) is 0.577. The highest BCUT2D eigenvalue weighted by Gasteiger charge is 2.20. The number of anilines is 1. The lowest BCUT2D eigenvalue weighted by Crippen LogP contribution is -2.35. The Morgan fingerprint density at radius 1 is 1.13 bits per heavy atom. The second-order valence-corrected chi connectivity index (χ2v) is 6.84. The fraction of sp³-hybridized carbons (Fsp3) is 0.217. The van der Waals surface area contributed by atoms with Crippen LogP contribution in [0.25, 0.3) is 10.9 Å². The molecule has 152 valence electrons. The van der Waals surface area contributed by atoms with Crippen molar-refractivity contribution in [3.8, 4) is 6.07 Å². The zero-order chi connectivity index (χ0) is 21.7. The molecule has 3 aromatic rings. The molecule has 1 amide bonds. The molecule has 7 heteroatoms. The van der Waals surface area contributed by atoms with E-state index >= 15 is 0 Å². The van der Waals surface area contributed by atoms with E-state index in [9.17, 15) is 14.0 Å². The van der Waals surface area contributed by atoms with E-state index in [1.165, 1.54) is 29.2 Å². The van der Waals surface area contributed by atoms with Crippen LogP contribution < -0.4 is 4.90 Å². The summed E-state index contributed by atoms with van der Waals surface area (Å²) in [5.41, 5.74) is 3.05. The van der Waals surface area contributed by atoms with Gasteiger partial charge in [0, 0.05) is 23.3 Å². The number of carbonyl (C=O) groups excluding carboxylic acids is 2. The van der Waals surface area contributed by atoms with Crippen molar-refractivity contribution in [3.63, 3.8) is 0 Å². The van der Waals surface area contributed by atoms with Gasteiger partial charge in [0.1, 0.15) is 5.82 Å². The molecule has 1 heterocycles. The zero-order valence-corrected chi connectivity index (χ0v) is 16.7. The number of halogens is 1. The summed E-state index contributed by atoms with van der Waals surface area (Å²) in [6.45, 7) is 3.29. The van der Waals surface area contributed by atoms with Crippen LogP contribution in [0.3, 0.4) is 0 Å². The van der Waals surface area contributed by atoms with E-state index in [0.717, 1.165) is 5.56 Å². The average molecular weight is 405 g/mol. The Morgan fingerprint density at radius 2 is 1.87 bits per heavy atom. The van der Waals surface area contributed by atoms with Crippen molar-refractivity contribution in [3.05, 3.63) is 71.2 Å². The molecule has 1 aromatic heterocycles. The molecule has 0 aliphatic carbocycles. The van der Waals surface area contributed by atoms with Crippen LogP contribution in [-0.4, -0.2) is 30.0 Å². The summed E-state index contributed by atoms with van der Waals surface area (Å²) in [5, 5.41) is 9.52. The molecule has 2 aromatic carbocycles. The minimum atomic E-state index is -0.635. The summed E-state index contributed by atoms with van der Waals surface area (Å²) in [4.78, 5) is 31.1. The first-order valence-electron chi connectivity index (χ1n) is 9.37. The standard InChI is InChI=1S/C23H20FN3O3/c1-15-4-9-21-19(12-15)20(13-16(2)26-21)23(29)30-14-22(28)27(11-3-10-25)18-7-5-17(24)6-8-18/h4-9,12-13H,3,11,14H2,1-2H3. The first-order chi connectivity index (χ1) is 14.4. The summed E-state index contributed by atoms with van der Waals surface area (Å²) in [5.74, 6) is -1.58. The summed E-state index contributed by atoms with van der Waals surface area (Å²) in [6.07, 6.45) is 0.0878. The molecule has 30 heavy (non-hydrogen) atoms. The number of nitriles is 1. The van der Waals surface area contributed by atoms with E-state index in [1.54, 1.807) is 13.0 Å². The van der Waals surface area contributed by atoms with Crippen LogP contribution in [0.5, 0.6) is 0 Å². The first kappa shape index (κ1) is 20.9. The number of esters is 1. The van der Waals surface area contributed by atoms with Crippen molar-refractivity contribution >= 4 is 28.5 Å². The number of aromatic nitrogens is 1. The van der Waals surface area contributed by atoms with Crippen molar-refractivity contribution in [1.29, 1.82) is 5.26 Å². The Labute approximate surface area is 173 Å². The second-order valence-electron chi connectivity index (χ2n) is 6.84. The number of fused-ring (bicyclic) bond motifs is 1. The van der Waals surface area contributed by atoms with Gasteiger partial charge >= 0.3 is 5.97 Å². The lowest BCUT2D eigenvalue weighted by Gasteiger charge is -2.21. The third-order valence-electron chi connectivity index (χ3n) is 4.53. The Balaban J connectivity index is 1.79. The molecule has 0 atom stereocenters. The molecular formula is C23H20FN3O3. The summed E-state index contributed by atoms with van der Waals surface area (Å²) in [7, 11) is 0. The molecular weight excluding hydrogens is 385 g/mol. The molecule has 0 aliphatic heterocycles. The lowest BCUT2D eigenvalue weighted by atomic mass is 10.1. The minimum Gasteiger partial charge on any atom is -0.452 e. The van der Waals surface area contributed by atoms with Gasteiger partial charge in [-0.05, 0) is 56.3 Å². The van der Waals surface area contributed by atoms with Gasteiger partial charge in [-0.3, -0.25) is 9.78 Å². The maximum absolute atomic E-state index is 13.2. The van der Waals surface area contributed by atoms with E-state index in [0.29, 0.717) is 27.8 Å². The number of pyridine rings is 1. The lowest BCUT2D eigenvalue weighted by molar-refractivity contribution is -0.121. The highest BCUT2D eigenvalue weighted by atomic mass is 19.1. The monoisotopic (exact) mass is 405 g/mol. The smallest absolute Gasteiger partial charge is 0.339 e. The number of aryl methyl sites for hydroxylation is 2. The fourth-order valence-corrected chi connectivity index (χ4v) is 3.10. The third-order valence-corrected chi connectivity index (χ3v) is 4.53. The van der Waals surface area contributed by atoms with Crippen molar-refractivity contribution < 1.29 is 18.7 Å². The van der Waals surface area contributed by atoms with Gasteiger partial charge in [-0.2, -0.15) is 5.26 Å². The Morgan fingerprint density at radius 3 is 2.57 bits per heavy atom. The molecule has 0 spiro atoms. The van der Waals surface area contributed by atoms with E-state index in [1.807, 2.05) is 31.2 Å². The van der Waals surface area contributed by atoms with Gasteiger partial charge in [-0.1, -0.05) is 11.6 Å². The van der Waals surface area contributed by atoms with Crippen LogP contribution in [0, 0.1) is 31.0 Å². The average Bonchev–Trinajstić information content (AvgIpc) is 2.73. The molecule has 3 rings (SSSR count). The van der Waals surface area contributed by atoms with Gasteiger partial charge in [0.25, 0.3) is 5.91 Å². The van der Waals surface area contributed by atoms with Crippen molar-refractivity contribution in [2.24, 2.45) is 0 Å². The highest BCUT2D eigenvalue weighted by Crippen LogP contribution is 2.21. The molecule has 0 saturated heterocycles. The number of hydrogen-bond donors (Lipinski definition) is 0. The van der Waals surface area contributed by atoms with Crippen LogP contribution in [0.15, 0.2) is 48.5 Å². The number of benzene rings is 2. The number of ether oxygens (including phenoxy) is 1. The number of nitrogens with zero attached hydrogens (tertiary/aromatic N) is 3. The summed E-state index contributed by atoms with van der Waals surface area (Å²) in [6, 6.07) is 14.5. The van der Waals surface area contributed by atoms with E-state index < -0.39 is 24.3 Å². The van der Waals surface area contributed by atoms with Crippen molar-refractivity contribution in [2.45, 2.75) is 20.3 Å². The normalized spacial score (nSPS) is 10.5. The van der Waals surface area contributed by atoms with Crippen LogP contribution in [0.4, 0.5) is 10.1 Å². The SMILES string of the molecule is Cc1ccc2nc(C)cc(C(=O)OCC(=O)N(CCC#N)c3ccc(F)cc3)c2c1. The van der Waals surface area contributed by atoms with Gasteiger partial charge in [-0.25, -0.2) is 9.18 Å². The van der Waals surface area contributed by atoms with Gasteiger partial charge < -0.3 is 9.64 Å². The summed E-state index contributed by atoms with van der Waals surface area (Å²) < 4.78 is 18.5. The van der Waals surface area contributed by atoms with Gasteiger partial charge in [0.15, 0.2) is 6.61 Å². The van der Waals surface area contributed by atoms with E-state index in [4.69, 9.17) is 10.00 Å². The van der Waals surface area contributed by atoms with E-state index in [2.05, 4.69) is 4.98 Å². The predicted octanol–water partition coefficient (Wildman–Crippen LogP) is 4.09. The molecule has 0 fully saturated rings. The molecule has 0 bridgehead atoms. The molecule has 0 N–H and O–H groups in total. The third kappa shape index (κ3) is 4.78. The van der Waals surface area contributed by atoms with Gasteiger partial charge in [0.05, 0.1) is 23.6 Å². The Kier molecular flexibility index (Phi) is 6.38. The zero-order valence-electron chi connectivity index (χ0n) is 16.7. The van der Waals surface area contributed by atoms with Crippen LogP contribution in [0.2, 0.25) is 0 Å². The maximum Gasteiger partial charge on any atom is 0.339 e. The largest absolute Gasteiger partial charge is 0.452 e. The molecule has 6 nitrogen and oxygen atoms in total. The second kappa shape index (κ2) is 9.14. The molecule has 0 saturated carbocycles. The number of carbonyl (C=O) groups is 2.